The average Bonchev–Trinajstić information content (AvgIpc) is 2.80. The number of hydrogen-bond donors (Lipinski definition) is 1. The van der Waals surface area contributed by atoms with Crippen LogP contribution >= 0.6 is 12.4 Å². The van der Waals surface area contributed by atoms with Crippen LogP contribution in [0.3, 0.4) is 0 Å². The second-order valence-corrected chi connectivity index (χ2v) is 5.21. The summed E-state index contributed by atoms with van der Waals surface area (Å²) in [5, 5.41) is 12.9. The van der Waals surface area contributed by atoms with Crippen LogP contribution in [0.1, 0.15) is 30.5 Å². The average molecular weight is 362 g/mol. The molecule has 3 rings (SSSR count). The maximum atomic E-state index is 13.2. The van der Waals surface area contributed by atoms with Crippen molar-refractivity contribution < 1.29 is 23.4 Å². The highest BCUT2D eigenvalue weighted by Crippen LogP contribution is 2.23. The van der Waals surface area contributed by atoms with Crippen LogP contribution in [0.15, 0.2) is 23.0 Å². The van der Waals surface area contributed by atoms with Crippen molar-refractivity contribution >= 4 is 18.6 Å². The Bertz CT molecular complexity index is 821. The van der Waals surface area contributed by atoms with Crippen LogP contribution in [0.25, 0.3) is 0 Å². The molecule has 0 amide bonds. The topological polar surface area (TPSA) is 86.3 Å². The fourth-order valence-electron chi connectivity index (χ4n) is 2.63. The van der Waals surface area contributed by atoms with Crippen LogP contribution in [-0.4, -0.2) is 25.6 Å². The third-order valence-electron chi connectivity index (χ3n) is 3.63. The molecule has 1 N–H and O–H groups in total. The molecular formula is C14H14ClF2N3O4. The molecule has 1 unspecified atom stereocenters. The maximum Gasteiger partial charge on any atom is 0.507 e. The third kappa shape index (κ3) is 3.40. The lowest BCUT2D eigenvalue weighted by Gasteiger charge is -2.21. The molecule has 1 atom stereocenters. The second-order valence-electron chi connectivity index (χ2n) is 5.21. The van der Waals surface area contributed by atoms with Gasteiger partial charge in [0.25, 0.3) is 0 Å². The van der Waals surface area contributed by atoms with E-state index in [1.807, 2.05) is 0 Å². The lowest BCUT2D eigenvalue weighted by molar-refractivity contribution is 0.00392. The Morgan fingerprint density at radius 1 is 1.38 bits per heavy atom. The molecule has 1 aliphatic rings. The molecule has 0 saturated carbocycles. The summed E-state index contributed by atoms with van der Waals surface area (Å²) in [6.07, 6.45) is -0.847. The largest absolute Gasteiger partial charge is 0.507 e. The first-order valence-electron chi connectivity index (χ1n) is 6.97. The van der Waals surface area contributed by atoms with Crippen LogP contribution in [0, 0.1) is 11.6 Å². The molecule has 0 saturated heterocycles. The van der Waals surface area contributed by atoms with Crippen molar-refractivity contribution in [3.63, 3.8) is 0 Å². The molecule has 7 nitrogen and oxygen atoms in total. The van der Waals surface area contributed by atoms with Crippen molar-refractivity contribution in [1.29, 1.82) is 0 Å². The van der Waals surface area contributed by atoms with Gasteiger partial charge in [-0.1, -0.05) is 6.07 Å². The number of aromatic nitrogens is 3. The fraction of sp³-hybridized carbons (Fsp3) is 0.357. The van der Waals surface area contributed by atoms with Gasteiger partial charge in [-0.25, -0.2) is 27.6 Å². The molecule has 0 fully saturated rings. The SMILES string of the molecule is Cl.O=C(O)OC1CCCc2nn(Cc3ccc(F)c(F)c3)c(=O)n21. The quantitative estimate of drug-likeness (QED) is 0.848. The predicted octanol–water partition coefficient (Wildman–Crippen LogP) is 2.32. The summed E-state index contributed by atoms with van der Waals surface area (Å²) in [6.45, 7) is -0.0458. The normalized spacial score (nSPS) is 16.2. The van der Waals surface area contributed by atoms with E-state index in [-0.39, 0.29) is 19.0 Å². The number of aryl methyl sites for hydroxylation is 1. The number of nitrogens with zero attached hydrogens (tertiary/aromatic N) is 3. The summed E-state index contributed by atoms with van der Waals surface area (Å²) in [4.78, 5) is 23.1. The van der Waals surface area contributed by atoms with Gasteiger partial charge in [-0.2, -0.15) is 5.10 Å². The molecule has 10 heteroatoms. The van der Waals surface area contributed by atoms with Crippen LogP contribution in [0.2, 0.25) is 0 Å². The van der Waals surface area contributed by atoms with Crippen molar-refractivity contribution in [2.45, 2.75) is 32.0 Å². The number of benzene rings is 1. The summed E-state index contributed by atoms with van der Waals surface area (Å²) >= 11 is 0. The minimum Gasteiger partial charge on any atom is -0.450 e. The molecule has 2 aromatic rings. The van der Waals surface area contributed by atoms with Crippen molar-refractivity contribution in [3.05, 3.63) is 51.7 Å². The van der Waals surface area contributed by atoms with Crippen LogP contribution in [-0.2, 0) is 17.7 Å². The first kappa shape index (κ1) is 17.9. The Morgan fingerprint density at radius 3 is 2.79 bits per heavy atom. The molecule has 0 spiro atoms. The number of hydrogen-bond acceptors (Lipinski definition) is 4. The van der Waals surface area contributed by atoms with Gasteiger partial charge in [0, 0.05) is 12.8 Å². The third-order valence-corrected chi connectivity index (χ3v) is 3.63. The van der Waals surface area contributed by atoms with Crippen LogP contribution in [0.5, 0.6) is 0 Å². The number of carbonyl (C=O) groups is 1. The van der Waals surface area contributed by atoms with Crippen molar-refractivity contribution in [2.24, 2.45) is 0 Å². The summed E-state index contributed by atoms with van der Waals surface area (Å²) < 4.78 is 33.2. The van der Waals surface area contributed by atoms with Gasteiger partial charge >= 0.3 is 11.8 Å². The van der Waals surface area contributed by atoms with E-state index < -0.39 is 29.7 Å². The molecule has 0 bridgehead atoms. The molecule has 0 radical (unpaired) electrons. The van der Waals surface area contributed by atoms with Crippen molar-refractivity contribution in [3.8, 4) is 0 Å². The summed E-state index contributed by atoms with van der Waals surface area (Å²) in [7, 11) is 0. The Kier molecular flexibility index (Phi) is 5.23. The van der Waals surface area contributed by atoms with Gasteiger partial charge in [0.2, 0.25) is 0 Å². The van der Waals surface area contributed by atoms with Gasteiger partial charge in [-0.3, -0.25) is 0 Å². The fourth-order valence-corrected chi connectivity index (χ4v) is 2.63. The maximum absolute atomic E-state index is 13.2. The van der Waals surface area contributed by atoms with Crippen LogP contribution in [0.4, 0.5) is 13.6 Å². The van der Waals surface area contributed by atoms with E-state index in [0.717, 1.165) is 16.8 Å². The minimum atomic E-state index is -1.47. The predicted molar refractivity (Wildman–Crippen MR) is 80.3 cm³/mol. The molecule has 1 aromatic carbocycles. The van der Waals surface area contributed by atoms with Gasteiger partial charge in [0.15, 0.2) is 17.9 Å². The monoisotopic (exact) mass is 361 g/mol. The molecule has 2 heterocycles. The van der Waals surface area contributed by atoms with E-state index >= 15 is 0 Å². The second kappa shape index (κ2) is 7.00. The molecule has 24 heavy (non-hydrogen) atoms. The van der Waals surface area contributed by atoms with Crippen LogP contribution < -0.4 is 5.69 Å². The Balaban J connectivity index is 0.00000208. The zero-order chi connectivity index (χ0) is 16.6. The first-order valence-corrected chi connectivity index (χ1v) is 6.97. The van der Waals surface area contributed by atoms with E-state index in [4.69, 9.17) is 9.84 Å². The highest BCUT2D eigenvalue weighted by molar-refractivity contribution is 5.85. The molecule has 1 aliphatic heterocycles. The Hall–Kier alpha value is -2.42. The van der Waals surface area contributed by atoms with Gasteiger partial charge < -0.3 is 9.84 Å². The number of halogens is 3. The van der Waals surface area contributed by atoms with E-state index in [0.29, 0.717) is 30.7 Å². The molecule has 0 aliphatic carbocycles. The number of rotatable bonds is 3. The highest BCUT2D eigenvalue weighted by atomic mass is 35.5. The van der Waals surface area contributed by atoms with Gasteiger partial charge in [-0.05, 0) is 24.1 Å². The Morgan fingerprint density at radius 2 is 2.12 bits per heavy atom. The number of ether oxygens (including phenoxy) is 1. The first-order chi connectivity index (χ1) is 11.0. The zero-order valence-electron chi connectivity index (χ0n) is 12.3. The lowest BCUT2D eigenvalue weighted by Crippen LogP contribution is -2.33. The van der Waals surface area contributed by atoms with Crippen molar-refractivity contribution in [1.82, 2.24) is 14.3 Å². The van der Waals surface area contributed by atoms with Crippen molar-refractivity contribution in [2.75, 3.05) is 0 Å². The minimum absolute atomic E-state index is 0. The van der Waals surface area contributed by atoms with E-state index in [1.54, 1.807) is 0 Å². The number of fused-ring (bicyclic) bond motifs is 1. The molecule has 1 aromatic heterocycles. The van der Waals surface area contributed by atoms with E-state index in [1.165, 1.54) is 10.6 Å². The zero-order valence-corrected chi connectivity index (χ0v) is 13.1. The number of carboxylic acid groups (broad SMARTS) is 1. The lowest BCUT2D eigenvalue weighted by atomic mass is 10.1. The molecular weight excluding hydrogens is 348 g/mol. The smallest absolute Gasteiger partial charge is 0.450 e. The van der Waals surface area contributed by atoms with E-state index in [9.17, 15) is 18.4 Å². The van der Waals surface area contributed by atoms with Gasteiger partial charge in [0.1, 0.15) is 5.82 Å². The highest BCUT2D eigenvalue weighted by Gasteiger charge is 2.28. The summed E-state index contributed by atoms with van der Waals surface area (Å²) in [6, 6.07) is 3.32. The van der Waals surface area contributed by atoms with Gasteiger partial charge in [0.05, 0.1) is 6.54 Å². The summed E-state index contributed by atoms with van der Waals surface area (Å²) in [5.41, 5.74) is -0.173. The van der Waals surface area contributed by atoms with Gasteiger partial charge in [-0.15, -0.1) is 12.4 Å². The van der Waals surface area contributed by atoms with E-state index in [2.05, 4.69) is 5.10 Å². The standard InChI is InChI=1S/C14H13F2N3O4.ClH/c15-9-5-4-8(6-10(9)16)7-18-13(20)19-11(17-18)2-1-3-12(19)23-14(21)22;/h4-6,12H,1-3,7H2,(H,21,22);1H. The summed E-state index contributed by atoms with van der Waals surface area (Å²) in [5.74, 6) is -1.57. The molecule has 130 valence electrons. The Labute approximate surface area is 140 Å².